The van der Waals surface area contributed by atoms with E-state index in [1.807, 2.05) is 13.8 Å². The number of carbonyl (C=O) groups excluding carboxylic acids is 1. The van der Waals surface area contributed by atoms with Gasteiger partial charge in [0.2, 0.25) is 0 Å². The van der Waals surface area contributed by atoms with Crippen LogP contribution in [0.3, 0.4) is 0 Å². The maximum atomic E-state index is 12.3. The van der Waals surface area contributed by atoms with Crippen molar-refractivity contribution in [3.63, 3.8) is 0 Å². The first-order valence-electron chi connectivity index (χ1n) is 7.17. The van der Waals surface area contributed by atoms with Gasteiger partial charge in [-0.1, -0.05) is 13.8 Å². The number of carboxylic acids is 1. The van der Waals surface area contributed by atoms with Crippen LogP contribution in [-0.4, -0.2) is 21.4 Å². The Balaban J connectivity index is 2.97. The van der Waals surface area contributed by atoms with E-state index in [2.05, 4.69) is 0 Å². The lowest BCUT2D eigenvalue weighted by molar-refractivity contribution is -0.119. The number of pyridine rings is 1. The third-order valence-corrected chi connectivity index (χ3v) is 3.90. The lowest BCUT2D eigenvalue weighted by atomic mass is 9.96. The highest BCUT2D eigenvalue weighted by Crippen LogP contribution is 2.28. The van der Waals surface area contributed by atoms with Gasteiger partial charge in [-0.3, -0.25) is 14.2 Å². The molecule has 22 heavy (non-hydrogen) atoms. The zero-order valence-electron chi connectivity index (χ0n) is 13.1. The van der Waals surface area contributed by atoms with Crippen molar-refractivity contribution in [2.24, 2.45) is 0 Å². The molecule has 0 aliphatic heterocycles. The number of rotatable bonds is 4. The van der Waals surface area contributed by atoms with Crippen LogP contribution in [0.5, 0.6) is 0 Å². The number of carboxylic acid groups (broad SMARTS) is 1. The van der Waals surface area contributed by atoms with Gasteiger partial charge in [-0.2, -0.15) is 0 Å². The summed E-state index contributed by atoms with van der Waals surface area (Å²) in [5.74, 6) is -1.11. The Labute approximate surface area is 128 Å². The van der Waals surface area contributed by atoms with Crippen molar-refractivity contribution in [2.75, 3.05) is 0 Å². The highest BCUT2D eigenvalue weighted by molar-refractivity contribution is 5.95. The van der Waals surface area contributed by atoms with Crippen molar-refractivity contribution in [3.05, 3.63) is 45.7 Å². The maximum absolute atomic E-state index is 12.3. The Bertz CT molecular complexity index is 817. The van der Waals surface area contributed by atoms with Crippen LogP contribution in [-0.2, 0) is 4.79 Å². The van der Waals surface area contributed by atoms with Crippen molar-refractivity contribution >= 4 is 22.7 Å². The molecule has 0 radical (unpaired) electrons. The average molecular weight is 301 g/mol. The summed E-state index contributed by atoms with van der Waals surface area (Å²) < 4.78 is 1.46. The van der Waals surface area contributed by atoms with Crippen LogP contribution in [0.25, 0.3) is 10.9 Å². The van der Waals surface area contributed by atoms with Crippen molar-refractivity contribution < 1.29 is 14.7 Å². The molecule has 1 heterocycles. The molecule has 1 unspecified atom stereocenters. The number of carbonyl (C=O) groups is 2. The number of hydrogen-bond donors (Lipinski definition) is 1. The minimum atomic E-state index is -1.01. The topological polar surface area (TPSA) is 76.4 Å². The summed E-state index contributed by atoms with van der Waals surface area (Å²) in [5.41, 5.74) is 1.30. The van der Waals surface area contributed by atoms with Gasteiger partial charge in [0.25, 0.3) is 5.56 Å². The van der Waals surface area contributed by atoms with E-state index in [4.69, 9.17) is 0 Å². The van der Waals surface area contributed by atoms with E-state index in [1.165, 1.54) is 23.6 Å². The second-order valence-electron chi connectivity index (χ2n) is 5.79. The smallest absolute Gasteiger partial charge is 0.335 e. The highest BCUT2D eigenvalue weighted by atomic mass is 16.4. The number of Topliss-reactive ketones (excluding diaryl/α,β-unsaturated/α-hetero) is 1. The van der Waals surface area contributed by atoms with Gasteiger partial charge in [-0.15, -0.1) is 0 Å². The molecular weight excluding hydrogens is 282 g/mol. The zero-order chi connectivity index (χ0) is 16.6. The summed E-state index contributed by atoms with van der Waals surface area (Å²) in [4.78, 5) is 35.3. The Hall–Kier alpha value is -2.43. The lowest BCUT2D eigenvalue weighted by Crippen LogP contribution is -2.27. The molecule has 0 amide bonds. The van der Waals surface area contributed by atoms with Gasteiger partial charge in [0.15, 0.2) is 5.78 Å². The highest BCUT2D eigenvalue weighted by Gasteiger charge is 2.19. The number of aromatic carboxylic acids is 1. The predicted octanol–water partition coefficient (Wildman–Crippen LogP) is 2.97. The van der Waals surface area contributed by atoms with Crippen LogP contribution in [0.15, 0.2) is 29.1 Å². The van der Waals surface area contributed by atoms with Crippen LogP contribution in [0.2, 0.25) is 0 Å². The first-order valence-corrected chi connectivity index (χ1v) is 7.17. The molecule has 116 valence electrons. The molecule has 0 aliphatic rings. The van der Waals surface area contributed by atoms with Crippen LogP contribution in [0, 0.1) is 0 Å². The molecule has 1 atom stereocenters. The summed E-state index contributed by atoms with van der Waals surface area (Å²) in [6.07, 6.45) is 0. The standard InChI is InChI=1S/C17H19NO4/c1-9(2)14-8-13(17(21)22)7-12-5-6-15(20)18(16(12)14)10(3)11(4)19/h5-10H,1-4H3,(H,21,22). The summed E-state index contributed by atoms with van der Waals surface area (Å²) >= 11 is 0. The molecule has 0 bridgehead atoms. The number of nitrogens with zero attached hydrogens (tertiary/aromatic N) is 1. The molecule has 0 spiro atoms. The fraction of sp³-hybridized carbons (Fsp3) is 0.353. The third-order valence-electron chi connectivity index (χ3n) is 3.90. The van der Waals surface area contributed by atoms with E-state index in [0.29, 0.717) is 10.9 Å². The minimum Gasteiger partial charge on any atom is -0.478 e. The van der Waals surface area contributed by atoms with Crippen LogP contribution < -0.4 is 5.56 Å². The molecule has 0 saturated heterocycles. The summed E-state index contributed by atoms with van der Waals surface area (Å²) in [7, 11) is 0. The van der Waals surface area contributed by atoms with Gasteiger partial charge in [-0.05, 0) is 48.9 Å². The minimum absolute atomic E-state index is 0.0222. The molecular formula is C17H19NO4. The zero-order valence-corrected chi connectivity index (χ0v) is 13.1. The summed E-state index contributed by atoms with van der Waals surface area (Å²) in [5, 5.41) is 9.90. The largest absolute Gasteiger partial charge is 0.478 e. The molecule has 2 aromatic rings. The van der Waals surface area contributed by atoms with E-state index in [1.54, 1.807) is 19.1 Å². The van der Waals surface area contributed by atoms with Crippen molar-refractivity contribution in [1.29, 1.82) is 0 Å². The Morgan fingerprint density at radius 3 is 2.27 bits per heavy atom. The molecule has 5 nitrogen and oxygen atoms in total. The quantitative estimate of drug-likeness (QED) is 0.942. The van der Waals surface area contributed by atoms with Gasteiger partial charge < -0.3 is 5.11 Å². The van der Waals surface area contributed by atoms with E-state index in [-0.39, 0.29) is 22.8 Å². The molecule has 5 heteroatoms. The summed E-state index contributed by atoms with van der Waals surface area (Å²) in [6, 6.07) is 5.51. The summed E-state index contributed by atoms with van der Waals surface area (Å²) in [6.45, 7) is 6.98. The second-order valence-corrected chi connectivity index (χ2v) is 5.79. The van der Waals surface area contributed by atoms with E-state index in [9.17, 15) is 19.5 Å². The number of aromatic nitrogens is 1. The normalized spacial score (nSPS) is 12.6. The predicted molar refractivity (Wildman–Crippen MR) is 84.6 cm³/mol. The molecule has 1 N–H and O–H groups in total. The van der Waals surface area contributed by atoms with Crippen LogP contribution >= 0.6 is 0 Å². The van der Waals surface area contributed by atoms with Crippen molar-refractivity contribution in [3.8, 4) is 0 Å². The van der Waals surface area contributed by atoms with Crippen LogP contribution in [0.1, 0.15) is 55.6 Å². The van der Waals surface area contributed by atoms with E-state index in [0.717, 1.165) is 5.56 Å². The maximum Gasteiger partial charge on any atom is 0.335 e. The third kappa shape index (κ3) is 2.66. The van der Waals surface area contributed by atoms with Crippen molar-refractivity contribution in [1.82, 2.24) is 4.57 Å². The first-order chi connectivity index (χ1) is 10.2. The molecule has 0 fully saturated rings. The van der Waals surface area contributed by atoms with Gasteiger partial charge in [-0.25, -0.2) is 4.79 Å². The molecule has 0 aliphatic carbocycles. The Morgan fingerprint density at radius 1 is 1.14 bits per heavy atom. The molecule has 2 rings (SSSR count). The van der Waals surface area contributed by atoms with Crippen LogP contribution in [0.4, 0.5) is 0 Å². The van der Waals surface area contributed by atoms with Gasteiger partial charge in [0.05, 0.1) is 17.1 Å². The number of ketones is 1. The Kier molecular flexibility index (Phi) is 4.17. The monoisotopic (exact) mass is 301 g/mol. The van der Waals surface area contributed by atoms with Crippen molar-refractivity contribution in [2.45, 2.75) is 39.7 Å². The molecule has 1 aromatic heterocycles. The molecule has 0 saturated carbocycles. The van der Waals surface area contributed by atoms with Gasteiger partial charge >= 0.3 is 5.97 Å². The van der Waals surface area contributed by atoms with Gasteiger partial charge in [0, 0.05) is 6.07 Å². The number of hydrogen-bond acceptors (Lipinski definition) is 3. The second kappa shape index (κ2) is 5.75. The molecule has 1 aromatic carbocycles. The average Bonchev–Trinajstić information content (AvgIpc) is 2.44. The fourth-order valence-corrected chi connectivity index (χ4v) is 2.57. The van der Waals surface area contributed by atoms with E-state index < -0.39 is 12.0 Å². The SMILES string of the molecule is CC(=O)C(C)n1c(=O)ccc2cc(C(=O)O)cc(C(C)C)c21. The number of benzene rings is 1. The number of fused-ring (bicyclic) bond motifs is 1. The van der Waals surface area contributed by atoms with Gasteiger partial charge in [0.1, 0.15) is 0 Å². The van der Waals surface area contributed by atoms with E-state index >= 15 is 0 Å². The lowest BCUT2D eigenvalue weighted by Gasteiger charge is -2.20. The Morgan fingerprint density at radius 2 is 1.77 bits per heavy atom. The first kappa shape index (κ1) is 15.9. The fourth-order valence-electron chi connectivity index (χ4n) is 2.57.